The third-order valence-corrected chi connectivity index (χ3v) is 5.23. The quantitative estimate of drug-likeness (QED) is 0.813. The lowest BCUT2D eigenvalue weighted by atomic mass is 10.2. The Balaban J connectivity index is 1.63. The lowest BCUT2D eigenvalue weighted by molar-refractivity contribution is 0.0953. The fourth-order valence-electron chi connectivity index (χ4n) is 2.74. The molecular formula is C18H20N2O3S. The highest BCUT2D eigenvalue weighted by Crippen LogP contribution is 2.25. The summed E-state index contributed by atoms with van der Waals surface area (Å²) in [5.41, 5.74) is 0.862. The summed E-state index contributed by atoms with van der Waals surface area (Å²) in [6.45, 7) is 1.85. The SMILES string of the molecule is CC(=O)c1ccc(C(=O)NCc2cccnc2OC2CCCC2)s1. The number of amides is 1. The number of pyridine rings is 1. The van der Waals surface area contributed by atoms with Gasteiger partial charge in [0.05, 0.1) is 9.75 Å². The van der Waals surface area contributed by atoms with Crippen LogP contribution in [0.25, 0.3) is 0 Å². The van der Waals surface area contributed by atoms with E-state index in [0.717, 1.165) is 18.4 Å². The molecule has 126 valence electrons. The molecule has 24 heavy (non-hydrogen) atoms. The van der Waals surface area contributed by atoms with E-state index in [1.165, 1.54) is 31.1 Å². The molecule has 1 fully saturated rings. The van der Waals surface area contributed by atoms with Gasteiger partial charge in [0.25, 0.3) is 5.91 Å². The number of carbonyl (C=O) groups excluding carboxylic acids is 2. The number of nitrogens with zero attached hydrogens (tertiary/aromatic N) is 1. The number of aromatic nitrogens is 1. The lowest BCUT2D eigenvalue weighted by Crippen LogP contribution is -2.23. The summed E-state index contributed by atoms with van der Waals surface area (Å²) in [7, 11) is 0. The van der Waals surface area contributed by atoms with Crippen LogP contribution in [-0.4, -0.2) is 22.8 Å². The van der Waals surface area contributed by atoms with Gasteiger partial charge in [0, 0.05) is 18.3 Å². The number of hydrogen-bond donors (Lipinski definition) is 1. The molecule has 0 bridgehead atoms. The molecule has 1 N–H and O–H groups in total. The molecule has 0 aromatic carbocycles. The van der Waals surface area contributed by atoms with E-state index in [9.17, 15) is 9.59 Å². The van der Waals surface area contributed by atoms with Crippen LogP contribution in [0.5, 0.6) is 5.88 Å². The van der Waals surface area contributed by atoms with Crippen molar-refractivity contribution in [2.45, 2.75) is 45.3 Å². The minimum Gasteiger partial charge on any atom is -0.474 e. The fourth-order valence-corrected chi connectivity index (χ4v) is 3.56. The number of ether oxygens (including phenoxy) is 1. The molecule has 0 spiro atoms. The Hall–Kier alpha value is -2.21. The number of thiophene rings is 1. The first-order chi connectivity index (χ1) is 11.6. The van der Waals surface area contributed by atoms with Crippen molar-refractivity contribution >= 4 is 23.0 Å². The summed E-state index contributed by atoms with van der Waals surface area (Å²) in [4.78, 5) is 29.0. The van der Waals surface area contributed by atoms with Gasteiger partial charge in [-0.1, -0.05) is 6.07 Å². The number of ketones is 1. The number of nitrogens with one attached hydrogen (secondary N) is 1. The number of rotatable bonds is 6. The van der Waals surface area contributed by atoms with Gasteiger partial charge in [0.1, 0.15) is 6.10 Å². The third-order valence-electron chi connectivity index (χ3n) is 4.05. The molecule has 5 nitrogen and oxygen atoms in total. The van der Waals surface area contributed by atoms with Crippen molar-refractivity contribution in [2.24, 2.45) is 0 Å². The minimum absolute atomic E-state index is 0.0291. The summed E-state index contributed by atoms with van der Waals surface area (Å²) in [6.07, 6.45) is 6.44. The van der Waals surface area contributed by atoms with Gasteiger partial charge in [-0.2, -0.15) is 0 Å². The third kappa shape index (κ3) is 4.00. The molecule has 1 amide bonds. The summed E-state index contributed by atoms with van der Waals surface area (Å²) in [5, 5.41) is 2.87. The summed E-state index contributed by atoms with van der Waals surface area (Å²) >= 11 is 1.21. The minimum atomic E-state index is -0.192. The predicted molar refractivity (Wildman–Crippen MR) is 92.6 cm³/mol. The summed E-state index contributed by atoms with van der Waals surface area (Å²) in [5.74, 6) is 0.377. The zero-order valence-electron chi connectivity index (χ0n) is 13.6. The van der Waals surface area contributed by atoms with Crippen molar-refractivity contribution in [2.75, 3.05) is 0 Å². The van der Waals surface area contributed by atoms with Crippen LogP contribution in [0.15, 0.2) is 30.5 Å². The Morgan fingerprint density at radius 2 is 2.00 bits per heavy atom. The van der Waals surface area contributed by atoms with Crippen molar-refractivity contribution in [1.29, 1.82) is 0 Å². The highest BCUT2D eigenvalue weighted by atomic mass is 32.1. The largest absolute Gasteiger partial charge is 0.474 e. The topological polar surface area (TPSA) is 68.3 Å². The van der Waals surface area contributed by atoms with Crippen molar-refractivity contribution in [1.82, 2.24) is 10.3 Å². The van der Waals surface area contributed by atoms with E-state index < -0.39 is 0 Å². The number of carbonyl (C=O) groups is 2. The van der Waals surface area contributed by atoms with Crippen molar-refractivity contribution < 1.29 is 14.3 Å². The molecular weight excluding hydrogens is 324 g/mol. The Morgan fingerprint density at radius 1 is 1.25 bits per heavy atom. The fraction of sp³-hybridized carbons (Fsp3) is 0.389. The van der Waals surface area contributed by atoms with Crippen LogP contribution in [0.3, 0.4) is 0 Å². The van der Waals surface area contributed by atoms with E-state index in [0.29, 0.717) is 22.2 Å². The van der Waals surface area contributed by atoms with Gasteiger partial charge in [0.2, 0.25) is 5.88 Å². The van der Waals surface area contributed by atoms with E-state index in [1.807, 2.05) is 12.1 Å². The van der Waals surface area contributed by atoms with Crippen molar-refractivity contribution in [3.05, 3.63) is 45.8 Å². The van der Waals surface area contributed by atoms with Crippen molar-refractivity contribution in [3.8, 4) is 5.88 Å². The van der Waals surface area contributed by atoms with Crippen LogP contribution in [-0.2, 0) is 6.54 Å². The van der Waals surface area contributed by atoms with Crippen LogP contribution in [0.1, 0.15) is 57.5 Å². The molecule has 0 aliphatic heterocycles. The van der Waals surface area contributed by atoms with E-state index in [2.05, 4.69) is 10.3 Å². The highest BCUT2D eigenvalue weighted by molar-refractivity contribution is 7.15. The molecule has 1 saturated carbocycles. The molecule has 2 aromatic rings. The normalized spacial score (nSPS) is 14.5. The first kappa shape index (κ1) is 16.6. The molecule has 2 aromatic heterocycles. The molecule has 0 atom stereocenters. The molecule has 2 heterocycles. The first-order valence-corrected chi connectivity index (χ1v) is 8.94. The number of Topliss-reactive ketones (excluding diaryl/α,β-unsaturated/α-hetero) is 1. The molecule has 1 aliphatic rings. The van der Waals surface area contributed by atoms with E-state index >= 15 is 0 Å². The Morgan fingerprint density at radius 3 is 2.71 bits per heavy atom. The van der Waals surface area contributed by atoms with Crippen LogP contribution in [0.2, 0.25) is 0 Å². The van der Waals surface area contributed by atoms with Gasteiger partial charge in [0.15, 0.2) is 5.78 Å². The second-order valence-corrected chi connectivity index (χ2v) is 6.98. The lowest BCUT2D eigenvalue weighted by Gasteiger charge is -2.15. The average molecular weight is 344 g/mol. The van der Waals surface area contributed by atoms with Gasteiger partial charge < -0.3 is 10.1 Å². The van der Waals surface area contributed by atoms with Crippen LogP contribution in [0, 0.1) is 0 Å². The molecule has 0 unspecified atom stereocenters. The van der Waals surface area contributed by atoms with Gasteiger partial charge in [-0.25, -0.2) is 4.98 Å². The van der Waals surface area contributed by atoms with Gasteiger partial charge in [-0.15, -0.1) is 11.3 Å². The smallest absolute Gasteiger partial charge is 0.261 e. The zero-order valence-corrected chi connectivity index (χ0v) is 14.4. The van der Waals surface area contributed by atoms with Crippen LogP contribution < -0.4 is 10.1 Å². The summed E-state index contributed by atoms with van der Waals surface area (Å²) < 4.78 is 5.98. The van der Waals surface area contributed by atoms with Crippen LogP contribution >= 0.6 is 11.3 Å². The standard InChI is InChI=1S/C18H20N2O3S/c1-12(21)15-8-9-16(24-15)17(22)20-11-13-5-4-10-19-18(13)23-14-6-2-3-7-14/h4-5,8-10,14H,2-3,6-7,11H2,1H3,(H,20,22). The maximum atomic E-state index is 12.2. The van der Waals surface area contributed by atoms with E-state index in [-0.39, 0.29) is 17.8 Å². The molecule has 1 aliphatic carbocycles. The summed E-state index contributed by atoms with van der Waals surface area (Å²) in [6, 6.07) is 7.10. The second kappa shape index (κ2) is 7.57. The maximum Gasteiger partial charge on any atom is 0.261 e. The second-order valence-electron chi connectivity index (χ2n) is 5.89. The number of hydrogen-bond acceptors (Lipinski definition) is 5. The molecule has 0 saturated heterocycles. The first-order valence-electron chi connectivity index (χ1n) is 8.13. The predicted octanol–water partition coefficient (Wildman–Crippen LogP) is 3.60. The molecule has 0 radical (unpaired) electrons. The zero-order chi connectivity index (χ0) is 16.9. The highest BCUT2D eigenvalue weighted by Gasteiger charge is 2.19. The maximum absolute atomic E-state index is 12.2. The van der Waals surface area contributed by atoms with Gasteiger partial charge in [-0.05, 0) is 50.8 Å². The average Bonchev–Trinajstić information content (AvgIpc) is 3.25. The van der Waals surface area contributed by atoms with Crippen LogP contribution in [0.4, 0.5) is 0 Å². The van der Waals surface area contributed by atoms with Gasteiger partial charge in [-0.3, -0.25) is 9.59 Å². The van der Waals surface area contributed by atoms with Gasteiger partial charge >= 0.3 is 0 Å². The monoisotopic (exact) mass is 344 g/mol. The van der Waals surface area contributed by atoms with E-state index in [4.69, 9.17) is 4.74 Å². The Bertz CT molecular complexity index is 735. The Kier molecular flexibility index (Phi) is 5.25. The van der Waals surface area contributed by atoms with Crippen molar-refractivity contribution in [3.63, 3.8) is 0 Å². The molecule has 6 heteroatoms. The Labute approximate surface area is 145 Å². The van der Waals surface area contributed by atoms with E-state index in [1.54, 1.807) is 18.3 Å². The molecule has 3 rings (SSSR count).